The number of hydrazone groups is 1. The number of alkyl halides is 2. The number of nitrogens with one attached hydrogen (secondary N) is 1. The van der Waals surface area contributed by atoms with Crippen LogP contribution in [0.2, 0.25) is 0 Å². The van der Waals surface area contributed by atoms with Crippen LogP contribution in [0, 0.1) is 11.3 Å². The van der Waals surface area contributed by atoms with E-state index in [1.165, 1.54) is 17.8 Å². The highest BCUT2D eigenvalue weighted by Gasteiger charge is 2.50. The Labute approximate surface area is 197 Å². The Hall–Kier alpha value is -0.780. The summed E-state index contributed by atoms with van der Waals surface area (Å²) < 4.78 is 55.8. The Balaban J connectivity index is 1.65. The molecule has 1 fully saturated rings. The predicted octanol–water partition coefficient (Wildman–Crippen LogP) is 3.77. The summed E-state index contributed by atoms with van der Waals surface area (Å²) in [6.45, 7) is 7.94. The number of rotatable bonds is 6. The zero-order chi connectivity index (χ0) is 23.7. The van der Waals surface area contributed by atoms with E-state index in [9.17, 15) is 22.3 Å². The molecule has 0 saturated carbocycles. The minimum absolute atomic E-state index is 0.0721. The summed E-state index contributed by atoms with van der Waals surface area (Å²) in [6, 6.07) is 0. The van der Waals surface area contributed by atoms with Crippen LogP contribution in [0.4, 0.5) is 8.78 Å². The number of thioether (sulfide) groups is 2. The van der Waals surface area contributed by atoms with E-state index in [0.717, 1.165) is 29.8 Å². The van der Waals surface area contributed by atoms with E-state index in [-0.39, 0.29) is 34.6 Å². The van der Waals surface area contributed by atoms with Crippen molar-refractivity contribution in [1.82, 2.24) is 10.3 Å². The maximum atomic E-state index is 14.5. The molecule has 1 saturated heterocycles. The molecule has 3 heterocycles. The molecule has 4 rings (SSSR count). The lowest BCUT2D eigenvalue weighted by atomic mass is 9.84. The highest BCUT2D eigenvalue weighted by Crippen LogP contribution is 2.47. The van der Waals surface area contributed by atoms with Crippen molar-refractivity contribution in [2.24, 2.45) is 16.4 Å². The summed E-state index contributed by atoms with van der Waals surface area (Å²) in [5.41, 5.74) is -0.252. The third kappa shape index (κ3) is 4.46. The molecule has 11 heteroatoms. The molecule has 180 valence electrons. The van der Waals surface area contributed by atoms with E-state index >= 15 is 0 Å². The number of allylic oxidation sites excluding steroid dienone is 3. The molecule has 3 atom stereocenters. The van der Waals surface area contributed by atoms with Crippen LogP contribution in [-0.2, 0) is 9.84 Å². The van der Waals surface area contributed by atoms with E-state index in [1.807, 2.05) is 13.8 Å². The van der Waals surface area contributed by atoms with Crippen molar-refractivity contribution in [2.45, 2.75) is 69.7 Å². The molecule has 0 spiro atoms. The topological polar surface area (TPSA) is 82.0 Å². The first-order valence-electron chi connectivity index (χ1n) is 10.7. The average Bonchev–Trinajstić information content (AvgIpc) is 3.15. The van der Waals surface area contributed by atoms with Crippen LogP contribution in [0.15, 0.2) is 28.1 Å². The minimum Gasteiger partial charge on any atom is -0.384 e. The smallest absolute Gasteiger partial charge is 0.267 e. The van der Waals surface area contributed by atoms with Gasteiger partial charge < -0.3 is 10.4 Å². The fourth-order valence-corrected chi connectivity index (χ4v) is 9.91. The Morgan fingerprint density at radius 2 is 2.00 bits per heavy atom. The third-order valence-corrected chi connectivity index (χ3v) is 11.9. The number of halogens is 2. The SMILES string of the molecule is CC1=C(C2CC=C(C(C)(F)F)[C@@H](S(=O)(=O)CC3(C)CSC3)C2)N2N=C(C(C)(C)O)SC2N1. The number of hydrogen-bond donors (Lipinski definition) is 2. The fraction of sp³-hybridized carbons (Fsp3) is 0.762. The van der Waals surface area contributed by atoms with Gasteiger partial charge in [0, 0.05) is 35.6 Å². The maximum Gasteiger partial charge on any atom is 0.267 e. The Morgan fingerprint density at radius 1 is 1.34 bits per heavy atom. The van der Waals surface area contributed by atoms with Crippen LogP contribution < -0.4 is 5.32 Å². The van der Waals surface area contributed by atoms with E-state index in [4.69, 9.17) is 0 Å². The van der Waals surface area contributed by atoms with Gasteiger partial charge in [0.25, 0.3) is 5.92 Å². The molecule has 6 nitrogen and oxygen atoms in total. The average molecular weight is 508 g/mol. The van der Waals surface area contributed by atoms with E-state index in [1.54, 1.807) is 30.6 Å². The standard InChI is InChI=1S/C21H31F2N3O3S3/c1-12-16(26-18(24-12)31-17(25-26)19(2,3)27)13-6-7-14(21(5,22)23)15(8-13)32(28,29)11-20(4)9-30-10-20/h7,13,15,18,24,27H,6,8-11H2,1-5H3/t13?,15-,18?/m0/s1. The number of sulfone groups is 1. The van der Waals surface area contributed by atoms with Gasteiger partial charge >= 0.3 is 0 Å². The molecule has 3 aliphatic heterocycles. The van der Waals surface area contributed by atoms with Gasteiger partial charge in [0.2, 0.25) is 0 Å². The fourth-order valence-electron chi connectivity index (χ4n) is 4.82. The first kappa shape index (κ1) is 24.3. The second kappa shape index (κ2) is 7.88. The molecule has 4 aliphatic rings. The molecule has 2 N–H and O–H groups in total. The largest absolute Gasteiger partial charge is 0.384 e. The van der Waals surface area contributed by atoms with Gasteiger partial charge in [-0.1, -0.05) is 24.8 Å². The number of nitrogens with zero attached hydrogens (tertiary/aromatic N) is 2. The summed E-state index contributed by atoms with van der Waals surface area (Å²) in [5.74, 6) is -2.05. The predicted molar refractivity (Wildman–Crippen MR) is 127 cm³/mol. The van der Waals surface area contributed by atoms with Crippen LogP contribution in [0.25, 0.3) is 0 Å². The van der Waals surface area contributed by atoms with Crippen LogP contribution in [0.3, 0.4) is 0 Å². The van der Waals surface area contributed by atoms with Gasteiger partial charge in [-0.2, -0.15) is 16.9 Å². The lowest BCUT2D eigenvalue weighted by Gasteiger charge is -2.40. The molecule has 2 unspecified atom stereocenters. The van der Waals surface area contributed by atoms with Crippen molar-refractivity contribution in [3.05, 3.63) is 23.0 Å². The quantitative estimate of drug-likeness (QED) is 0.530. The second-order valence-corrected chi connectivity index (χ2v) is 14.5. The van der Waals surface area contributed by atoms with Gasteiger partial charge in [0.15, 0.2) is 15.3 Å². The summed E-state index contributed by atoms with van der Waals surface area (Å²) in [4.78, 5) is 0. The highest BCUT2D eigenvalue weighted by molar-refractivity contribution is 8.14. The molecule has 0 bridgehead atoms. The summed E-state index contributed by atoms with van der Waals surface area (Å²) in [6.07, 6.45) is 1.87. The van der Waals surface area contributed by atoms with E-state index < -0.39 is 26.6 Å². The molecule has 1 aliphatic carbocycles. The normalized spacial score (nSPS) is 30.5. The zero-order valence-electron chi connectivity index (χ0n) is 19.0. The molecular weight excluding hydrogens is 476 g/mol. The van der Waals surface area contributed by atoms with Crippen molar-refractivity contribution in [3.8, 4) is 0 Å². The van der Waals surface area contributed by atoms with Crippen molar-refractivity contribution in [1.29, 1.82) is 0 Å². The van der Waals surface area contributed by atoms with Crippen molar-refractivity contribution in [3.63, 3.8) is 0 Å². The van der Waals surface area contributed by atoms with E-state index in [2.05, 4.69) is 10.4 Å². The van der Waals surface area contributed by atoms with Crippen molar-refractivity contribution < 1.29 is 22.3 Å². The lowest BCUT2D eigenvalue weighted by molar-refractivity contribution is 0.0569. The Bertz CT molecular complexity index is 992. The monoisotopic (exact) mass is 507 g/mol. The summed E-state index contributed by atoms with van der Waals surface area (Å²) in [7, 11) is -3.77. The van der Waals surface area contributed by atoms with Gasteiger partial charge in [-0.15, -0.1) is 0 Å². The number of hydrogen-bond acceptors (Lipinski definition) is 8. The number of fused-ring (bicyclic) bond motifs is 1. The van der Waals surface area contributed by atoms with Gasteiger partial charge in [-0.3, -0.25) is 0 Å². The second-order valence-electron chi connectivity index (χ2n) is 10.2. The van der Waals surface area contributed by atoms with E-state index in [0.29, 0.717) is 11.5 Å². The van der Waals surface area contributed by atoms with Gasteiger partial charge in [-0.25, -0.2) is 22.2 Å². The Morgan fingerprint density at radius 3 is 2.53 bits per heavy atom. The molecule has 0 aromatic heterocycles. The third-order valence-electron chi connectivity index (χ3n) is 6.38. The van der Waals surface area contributed by atoms with Crippen LogP contribution in [0.5, 0.6) is 0 Å². The minimum atomic E-state index is -3.77. The first-order valence-corrected chi connectivity index (χ1v) is 14.5. The molecular formula is C21H31F2N3O3S3. The summed E-state index contributed by atoms with van der Waals surface area (Å²) in [5, 5.41) is 19.4. The maximum absolute atomic E-state index is 14.5. The first-order chi connectivity index (χ1) is 14.6. The molecule has 0 amide bonds. The van der Waals surface area contributed by atoms with Gasteiger partial charge in [-0.05, 0) is 39.0 Å². The summed E-state index contributed by atoms with van der Waals surface area (Å²) >= 11 is 3.09. The van der Waals surface area contributed by atoms with Gasteiger partial charge in [0.1, 0.15) is 10.6 Å². The van der Waals surface area contributed by atoms with Gasteiger partial charge in [0.05, 0.1) is 16.7 Å². The van der Waals surface area contributed by atoms with Crippen LogP contribution >= 0.6 is 23.5 Å². The molecule has 0 aromatic rings. The molecule has 0 aromatic carbocycles. The zero-order valence-corrected chi connectivity index (χ0v) is 21.4. The van der Waals surface area contributed by atoms with Crippen molar-refractivity contribution in [2.75, 3.05) is 17.3 Å². The van der Waals surface area contributed by atoms with Crippen LogP contribution in [0.1, 0.15) is 47.5 Å². The van der Waals surface area contributed by atoms with Crippen LogP contribution in [-0.4, -0.2) is 63.1 Å². The number of aliphatic hydroxyl groups is 1. The highest BCUT2D eigenvalue weighted by atomic mass is 32.2. The molecule has 0 radical (unpaired) electrons. The molecule has 32 heavy (non-hydrogen) atoms. The lowest BCUT2D eigenvalue weighted by Crippen LogP contribution is -2.45. The van der Waals surface area contributed by atoms with Crippen molar-refractivity contribution >= 4 is 38.4 Å². The Kier molecular flexibility index (Phi) is 6.00.